The third-order valence-corrected chi connectivity index (χ3v) is 5.10. The molecule has 3 N–H and O–H groups in total. The van der Waals surface area contributed by atoms with Gasteiger partial charge in [-0.2, -0.15) is 9.50 Å². The number of nitrogens with zero attached hydrogens (tertiary/aromatic N) is 5. The molecule has 9 nitrogen and oxygen atoms in total. The van der Waals surface area contributed by atoms with Crippen LogP contribution in [0.4, 0.5) is 16.0 Å². The molecular weight excluding hydrogens is 401 g/mol. The molecule has 10 heteroatoms. The maximum absolute atomic E-state index is 14.4. The number of nitrogens with two attached hydrogens (primary N) is 1. The van der Waals surface area contributed by atoms with Crippen LogP contribution in [0.3, 0.4) is 0 Å². The highest BCUT2D eigenvalue weighted by atomic mass is 19.1. The van der Waals surface area contributed by atoms with Gasteiger partial charge in [-0.15, -0.1) is 5.10 Å². The average molecular weight is 423 g/mol. The SMILES string of the molecule is CN(C)CCNc1cc(F)cc2nc(Cc3ccc4c(c3)OCO4)n3nc(N)nc3c12. The lowest BCUT2D eigenvalue weighted by molar-refractivity contribution is 0.174. The number of anilines is 2. The van der Waals surface area contributed by atoms with Crippen molar-refractivity contribution >= 4 is 28.2 Å². The van der Waals surface area contributed by atoms with Crippen LogP contribution < -0.4 is 20.5 Å². The Bertz CT molecular complexity index is 1290. The predicted octanol–water partition coefficient (Wildman–Crippen LogP) is 2.29. The van der Waals surface area contributed by atoms with Crippen LogP contribution in [-0.2, 0) is 6.42 Å². The zero-order valence-corrected chi connectivity index (χ0v) is 17.2. The van der Waals surface area contributed by atoms with Crippen molar-refractivity contribution in [3.8, 4) is 11.5 Å². The minimum absolute atomic E-state index is 0.129. The molecule has 0 amide bonds. The highest BCUT2D eigenvalue weighted by Gasteiger charge is 2.19. The van der Waals surface area contributed by atoms with Crippen LogP contribution in [0.2, 0.25) is 0 Å². The molecule has 0 atom stereocenters. The Hall–Kier alpha value is -3.66. The lowest BCUT2D eigenvalue weighted by Crippen LogP contribution is -2.21. The number of fused-ring (bicyclic) bond motifs is 4. The lowest BCUT2D eigenvalue weighted by atomic mass is 10.1. The molecule has 1 aliphatic rings. The predicted molar refractivity (Wildman–Crippen MR) is 115 cm³/mol. The second-order valence-corrected chi connectivity index (χ2v) is 7.68. The van der Waals surface area contributed by atoms with Crippen LogP contribution in [0, 0.1) is 5.82 Å². The van der Waals surface area contributed by atoms with Crippen molar-refractivity contribution in [2.24, 2.45) is 0 Å². The summed E-state index contributed by atoms with van der Waals surface area (Å²) in [6, 6.07) is 8.55. The van der Waals surface area contributed by atoms with Gasteiger partial charge in [-0.3, -0.25) is 0 Å². The quantitative estimate of drug-likeness (QED) is 0.487. The Morgan fingerprint density at radius 1 is 1.16 bits per heavy atom. The van der Waals surface area contributed by atoms with E-state index in [1.807, 2.05) is 37.2 Å². The summed E-state index contributed by atoms with van der Waals surface area (Å²) in [5, 5.41) is 8.30. The summed E-state index contributed by atoms with van der Waals surface area (Å²) >= 11 is 0. The molecule has 2 aromatic carbocycles. The maximum Gasteiger partial charge on any atom is 0.240 e. The maximum atomic E-state index is 14.4. The van der Waals surface area contributed by atoms with E-state index in [4.69, 9.17) is 20.2 Å². The topological polar surface area (TPSA) is 103 Å². The van der Waals surface area contributed by atoms with E-state index in [9.17, 15) is 4.39 Å². The van der Waals surface area contributed by atoms with Gasteiger partial charge in [0.1, 0.15) is 11.6 Å². The molecular formula is C21H22FN7O2. The Balaban J connectivity index is 1.61. The van der Waals surface area contributed by atoms with Gasteiger partial charge in [0.05, 0.1) is 16.6 Å². The Morgan fingerprint density at radius 3 is 2.84 bits per heavy atom. The highest BCUT2D eigenvalue weighted by Crippen LogP contribution is 2.34. The molecule has 0 saturated heterocycles. The number of nitrogen functional groups attached to an aromatic ring is 1. The second-order valence-electron chi connectivity index (χ2n) is 7.68. The first-order valence-electron chi connectivity index (χ1n) is 9.89. The van der Waals surface area contributed by atoms with Gasteiger partial charge in [0.2, 0.25) is 12.7 Å². The van der Waals surface area contributed by atoms with Crippen molar-refractivity contribution in [1.82, 2.24) is 24.5 Å². The van der Waals surface area contributed by atoms with Crippen molar-refractivity contribution in [1.29, 1.82) is 0 Å². The molecule has 160 valence electrons. The largest absolute Gasteiger partial charge is 0.454 e. The normalized spacial score (nSPS) is 12.9. The van der Waals surface area contributed by atoms with Crippen molar-refractivity contribution in [3.63, 3.8) is 0 Å². The minimum Gasteiger partial charge on any atom is -0.454 e. The first-order valence-corrected chi connectivity index (χ1v) is 9.89. The summed E-state index contributed by atoms with van der Waals surface area (Å²) < 4.78 is 26.9. The van der Waals surface area contributed by atoms with Gasteiger partial charge in [0.25, 0.3) is 0 Å². The zero-order chi connectivity index (χ0) is 21.5. The molecule has 4 aromatic rings. The third kappa shape index (κ3) is 3.66. The van der Waals surface area contributed by atoms with E-state index in [1.54, 1.807) is 4.52 Å². The van der Waals surface area contributed by atoms with Crippen molar-refractivity contribution in [3.05, 3.63) is 47.5 Å². The van der Waals surface area contributed by atoms with Gasteiger partial charge in [0.15, 0.2) is 17.1 Å². The molecule has 0 saturated carbocycles. The Morgan fingerprint density at radius 2 is 2.00 bits per heavy atom. The van der Waals surface area contributed by atoms with E-state index in [0.29, 0.717) is 52.5 Å². The summed E-state index contributed by atoms with van der Waals surface area (Å²) in [5.41, 5.74) is 8.51. The number of halogens is 1. The number of hydrogen-bond donors (Lipinski definition) is 2. The fourth-order valence-electron chi connectivity index (χ4n) is 3.67. The molecule has 0 radical (unpaired) electrons. The molecule has 0 aliphatic carbocycles. The van der Waals surface area contributed by atoms with Gasteiger partial charge in [-0.1, -0.05) is 6.07 Å². The number of rotatable bonds is 6. The molecule has 0 fully saturated rings. The zero-order valence-electron chi connectivity index (χ0n) is 17.2. The fraction of sp³-hybridized carbons (Fsp3) is 0.286. The minimum atomic E-state index is -0.377. The van der Waals surface area contributed by atoms with Gasteiger partial charge in [-0.05, 0) is 37.9 Å². The number of nitrogens with one attached hydrogen (secondary N) is 1. The summed E-state index contributed by atoms with van der Waals surface area (Å²) in [5.74, 6) is 1.74. The molecule has 0 spiro atoms. The highest BCUT2D eigenvalue weighted by molar-refractivity contribution is 6.01. The number of hydrogen-bond acceptors (Lipinski definition) is 8. The van der Waals surface area contributed by atoms with E-state index in [0.717, 1.165) is 12.1 Å². The van der Waals surface area contributed by atoms with E-state index in [2.05, 4.69) is 15.4 Å². The number of likely N-dealkylation sites (N-methyl/N-ethyl adjacent to an activating group) is 1. The monoisotopic (exact) mass is 423 g/mol. The van der Waals surface area contributed by atoms with E-state index >= 15 is 0 Å². The van der Waals surface area contributed by atoms with Gasteiger partial charge in [-0.25, -0.2) is 9.37 Å². The third-order valence-electron chi connectivity index (χ3n) is 5.10. The van der Waals surface area contributed by atoms with Gasteiger partial charge < -0.3 is 25.4 Å². The number of benzene rings is 2. The first-order chi connectivity index (χ1) is 15.0. The standard InChI is InChI=1S/C21H22FN7O2/c1-28(2)6-5-24-14-9-13(22)10-15-19(14)20-26-21(23)27-29(20)18(25-15)8-12-3-4-16-17(7-12)31-11-30-16/h3-4,7,9-10,24H,5-6,8,11H2,1-2H3,(H2,23,27). The smallest absolute Gasteiger partial charge is 0.240 e. The molecule has 0 unspecified atom stereocenters. The molecule has 2 aromatic heterocycles. The van der Waals surface area contributed by atoms with E-state index < -0.39 is 0 Å². The number of aromatic nitrogens is 4. The van der Waals surface area contributed by atoms with E-state index in [-0.39, 0.29) is 18.6 Å². The summed E-state index contributed by atoms with van der Waals surface area (Å²) in [7, 11) is 3.96. The van der Waals surface area contributed by atoms with E-state index in [1.165, 1.54) is 12.1 Å². The van der Waals surface area contributed by atoms with Crippen LogP contribution >= 0.6 is 0 Å². The van der Waals surface area contributed by atoms with Crippen molar-refractivity contribution in [2.45, 2.75) is 6.42 Å². The molecule has 1 aliphatic heterocycles. The average Bonchev–Trinajstić information content (AvgIpc) is 3.33. The second kappa shape index (κ2) is 7.55. The summed E-state index contributed by atoms with van der Waals surface area (Å²) in [6.07, 6.45) is 0.436. The van der Waals surface area contributed by atoms with Crippen molar-refractivity contribution in [2.75, 3.05) is 45.0 Å². The Labute approximate surface area is 177 Å². The lowest BCUT2D eigenvalue weighted by Gasteiger charge is -2.14. The summed E-state index contributed by atoms with van der Waals surface area (Å²) in [4.78, 5) is 11.2. The summed E-state index contributed by atoms with van der Waals surface area (Å²) in [6.45, 7) is 1.64. The van der Waals surface area contributed by atoms with Crippen molar-refractivity contribution < 1.29 is 13.9 Å². The van der Waals surface area contributed by atoms with Crippen LogP contribution in [0.25, 0.3) is 16.6 Å². The van der Waals surface area contributed by atoms with Gasteiger partial charge in [0, 0.05) is 25.6 Å². The molecule has 31 heavy (non-hydrogen) atoms. The van der Waals surface area contributed by atoms with Gasteiger partial charge >= 0.3 is 0 Å². The van der Waals surface area contributed by atoms with Crippen LogP contribution in [0.5, 0.6) is 11.5 Å². The van der Waals surface area contributed by atoms with Crippen LogP contribution in [0.1, 0.15) is 11.4 Å². The number of ether oxygens (including phenoxy) is 2. The first kappa shape index (κ1) is 19.3. The van der Waals surface area contributed by atoms with Crippen LogP contribution in [-0.4, -0.2) is 58.5 Å². The van der Waals surface area contributed by atoms with Crippen LogP contribution in [0.15, 0.2) is 30.3 Å². The molecule has 3 heterocycles. The molecule has 0 bridgehead atoms. The fourth-order valence-corrected chi connectivity index (χ4v) is 3.67. The molecule has 5 rings (SSSR count). The Kier molecular flexibility index (Phi) is 4.70.